The van der Waals surface area contributed by atoms with Crippen molar-refractivity contribution in [2.75, 3.05) is 0 Å². The average Bonchev–Trinajstić information content (AvgIpc) is 1.86. The molecule has 2 nitrogen and oxygen atoms in total. The van der Waals surface area contributed by atoms with Gasteiger partial charge in [0.05, 0.1) is 11.2 Å². The molecule has 0 aliphatic heterocycles. The Hall–Kier alpha value is -0.0800. The second-order valence-corrected chi connectivity index (χ2v) is 4.33. The zero-order valence-electron chi connectivity index (χ0n) is 9.31. The molecular weight excluding hydrogens is 152 g/mol. The predicted molar refractivity (Wildman–Crippen MR) is 53.2 cm³/mol. The first-order valence-electron chi connectivity index (χ1n) is 4.57. The summed E-state index contributed by atoms with van der Waals surface area (Å²) in [4.78, 5) is 0. The van der Waals surface area contributed by atoms with Crippen LogP contribution in [-0.2, 0) is 0 Å². The van der Waals surface area contributed by atoms with Gasteiger partial charge in [0.1, 0.15) is 0 Å². The van der Waals surface area contributed by atoms with E-state index < -0.39 is 11.2 Å². The minimum atomic E-state index is -0.458. The minimum absolute atomic E-state index is 0.458. The van der Waals surface area contributed by atoms with Crippen LogP contribution in [0.5, 0.6) is 0 Å². The predicted octanol–water partition coefficient (Wildman–Crippen LogP) is 2.33. The summed E-state index contributed by atoms with van der Waals surface area (Å²) in [5.74, 6) is 0. The number of rotatable bonds is 2. The van der Waals surface area contributed by atoms with Crippen LogP contribution >= 0.6 is 0 Å². The summed E-state index contributed by atoms with van der Waals surface area (Å²) in [5, 5.41) is 17.7. The van der Waals surface area contributed by atoms with Crippen LogP contribution in [0.25, 0.3) is 0 Å². The van der Waals surface area contributed by atoms with Gasteiger partial charge in [-0.2, -0.15) is 0 Å². The van der Waals surface area contributed by atoms with Gasteiger partial charge in [0.15, 0.2) is 0 Å². The van der Waals surface area contributed by atoms with Crippen molar-refractivity contribution in [1.29, 1.82) is 0 Å². The molecule has 76 valence electrons. The van der Waals surface area contributed by atoms with E-state index in [1.165, 1.54) is 0 Å². The van der Waals surface area contributed by atoms with Gasteiger partial charge in [-0.1, -0.05) is 13.8 Å². The Morgan fingerprint density at radius 3 is 0.833 bits per heavy atom. The molecule has 0 rings (SSSR count). The van der Waals surface area contributed by atoms with Gasteiger partial charge in [0.25, 0.3) is 0 Å². The van der Waals surface area contributed by atoms with Gasteiger partial charge in [-0.3, -0.25) is 0 Å². The van der Waals surface area contributed by atoms with E-state index in [1.807, 2.05) is 13.8 Å². The molecule has 12 heavy (non-hydrogen) atoms. The van der Waals surface area contributed by atoms with Crippen LogP contribution in [0, 0.1) is 0 Å². The maximum Gasteiger partial charge on any atom is 0.0589 e. The third-order valence-electron chi connectivity index (χ3n) is 1.73. The highest BCUT2D eigenvalue weighted by atomic mass is 16.3. The van der Waals surface area contributed by atoms with Crippen LogP contribution in [0.4, 0.5) is 0 Å². The Kier molecular flexibility index (Phi) is 6.68. The third-order valence-corrected chi connectivity index (χ3v) is 1.73. The third kappa shape index (κ3) is 22.5. The zero-order valence-corrected chi connectivity index (χ0v) is 9.31. The maximum atomic E-state index is 8.83. The summed E-state index contributed by atoms with van der Waals surface area (Å²) in [5.41, 5.74) is -0.917. The fourth-order valence-corrected chi connectivity index (χ4v) is 0. The average molecular weight is 176 g/mol. The van der Waals surface area contributed by atoms with Crippen LogP contribution in [-0.4, -0.2) is 21.4 Å². The largest absolute Gasteiger partial charge is 0.390 e. The molecule has 0 amide bonds. The highest BCUT2D eigenvalue weighted by Gasteiger charge is 2.06. The van der Waals surface area contributed by atoms with Gasteiger partial charge in [-0.25, -0.2) is 0 Å². The lowest BCUT2D eigenvalue weighted by molar-refractivity contribution is 0.0759. The number of hydrogen-bond acceptors (Lipinski definition) is 2. The summed E-state index contributed by atoms with van der Waals surface area (Å²) in [7, 11) is 0. The maximum absolute atomic E-state index is 8.83. The Morgan fingerprint density at radius 1 is 0.750 bits per heavy atom. The standard InChI is InChI=1S/2C5H12O/c2*1-4-5(2,3)6/h2*6H,4H2,1-3H3. The lowest BCUT2D eigenvalue weighted by Crippen LogP contribution is -2.15. The summed E-state index contributed by atoms with van der Waals surface area (Å²) in [6, 6.07) is 0. The molecule has 0 saturated heterocycles. The van der Waals surface area contributed by atoms with Gasteiger partial charge < -0.3 is 10.2 Å². The highest BCUT2D eigenvalue weighted by molar-refractivity contribution is 4.59. The molecule has 0 atom stereocenters. The van der Waals surface area contributed by atoms with Crippen molar-refractivity contribution in [2.45, 2.75) is 65.6 Å². The molecule has 0 aromatic carbocycles. The summed E-state index contributed by atoms with van der Waals surface area (Å²) < 4.78 is 0. The molecule has 0 aliphatic rings. The topological polar surface area (TPSA) is 40.5 Å². The first kappa shape index (κ1) is 14.4. The van der Waals surface area contributed by atoms with Crippen molar-refractivity contribution in [3.63, 3.8) is 0 Å². The SMILES string of the molecule is CCC(C)(C)O.CCC(C)(C)O. The first-order valence-corrected chi connectivity index (χ1v) is 4.57. The molecular formula is C10H24O2. The molecule has 0 unspecified atom stereocenters. The highest BCUT2D eigenvalue weighted by Crippen LogP contribution is 2.04. The van der Waals surface area contributed by atoms with Crippen molar-refractivity contribution in [1.82, 2.24) is 0 Å². The lowest BCUT2D eigenvalue weighted by atomic mass is 10.1. The lowest BCUT2D eigenvalue weighted by Gasteiger charge is -2.11. The Morgan fingerprint density at radius 2 is 0.833 bits per heavy atom. The van der Waals surface area contributed by atoms with Gasteiger partial charge in [-0.15, -0.1) is 0 Å². The quantitative estimate of drug-likeness (QED) is 0.678. The fourth-order valence-electron chi connectivity index (χ4n) is 0. The molecule has 0 radical (unpaired) electrons. The van der Waals surface area contributed by atoms with Crippen molar-refractivity contribution < 1.29 is 10.2 Å². The first-order chi connectivity index (χ1) is 5.12. The Bertz CT molecular complexity index is 81.4. The monoisotopic (exact) mass is 176 g/mol. The minimum Gasteiger partial charge on any atom is -0.390 e. The molecule has 0 saturated carbocycles. The summed E-state index contributed by atoms with van der Waals surface area (Å²) in [6.07, 6.45) is 1.65. The van der Waals surface area contributed by atoms with Crippen molar-refractivity contribution in [3.05, 3.63) is 0 Å². The van der Waals surface area contributed by atoms with E-state index >= 15 is 0 Å². The zero-order chi connectivity index (χ0) is 10.4. The van der Waals surface area contributed by atoms with E-state index in [-0.39, 0.29) is 0 Å². The van der Waals surface area contributed by atoms with Crippen LogP contribution in [0.3, 0.4) is 0 Å². The molecule has 0 bridgehead atoms. The Labute approximate surface area is 76.6 Å². The molecule has 0 aromatic rings. The van der Waals surface area contributed by atoms with Gasteiger partial charge in [-0.05, 0) is 40.5 Å². The van der Waals surface area contributed by atoms with Gasteiger partial charge in [0, 0.05) is 0 Å². The smallest absolute Gasteiger partial charge is 0.0589 e. The van der Waals surface area contributed by atoms with Crippen LogP contribution in [0.15, 0.2) is 0 Å². The molecule has 0 fully saturated rings. The number of hydrogen-bond donors (Lipinski definition) is 2. The molecule has 2 N–H and O–H groups in total. The Balaban J connectivity index is 0. The van der Waals surface area contributed by atoms with Crippen LogP contribution < -0.4 is 0 Å². The summed E-state index contributed by atoms with van der Waals surface area (Å²) in [6.45, 7) is 11.1. The van der Waals surface area contributed by atoms with Gasteiger partial charge >= 0.3 is 0 Å². The molecule has 0 heterocycles. The van der Waals surface area contributed by atoms with Crippen LogP contribution in [0.2, 0.25) is 0 Å². The molecule has 2 heteroatoms. The fraction of sp³-hybridized carbons (Fsp3) is 1.00. The number of aliphatic hydroxyl groups is 2. The van der Waals surface area contributed by atoms with E-state index in [9.17, 15) is 0 Å². The van der Waals surface area contributed by atoms with E-state index in [0.717, 1.165) is 12.8 Å². The molecule has 0 aliphatic carbocycles. The van der Waals surface area contributed by atoms with Crippen LogP contribution in [0.1, 0.15) is 54.4 Å². The van der Waals surface area contributed by atoms with E-state index in [2.05, 4.69) is 0 Å². The van der Waals surface area contributed by atoms with Crippen molar-refractivity contribution >= 4 is 0 Å². The second-order valence-electron chi connectivity index (χ2n) is 4.33. The van der Waals surface area contributed by atoms with Crippen molar-refractivity contribution in [2.24, 2.45) is 0 Å². The van der Waals surface area contributed by atoms with E-state index in [1.54, 1.807) is 27.7 Å². The van der Waals surface area contributed by atoms with E-state index in [0.29, 0.717) is 0 Å². The van der Waals surface area contributed by atoms with Gasteiger partial charge in [0.2, 0.25) is 0 Å². The molecule has 0 spiro atoms. The van der Waals surface area contributed by atoms with Crippen molar-refractivity contribution in [3.8, 4) is 0 Å². The second kappa shape index (κ2) is 5.55. The molecule has 0 aromatic heterocycles. The summed E-state index contributed by atoms with van der Waals surface area (Å²) >= 11 is 0. The van der Waals surface area contributed by atoms with E-state index in [4.69, 9.17) is 10.2 Å². The normalized spacial score (nSPS) is 12.0.